The highest BCUT2D eigenvalue weighted by Crippen LogP contribution is 2.37. The van der Waals surface area contributed by atoms with Crippen molar-refractivity contribution in [3.05, 3.63) is 29.3 Å². The van der Waals surface area contributed by atoms with Crippen molar-refractivity contribution in [1.82, 2.24) is 0 Å². The molecule has 1 aromatic carbocycles. The van der Waals surface area contributed by atoms with Crippen LogP contribution < -0.4 is 10.6 Å². The third kappa shape index (κ3) is 3.42. The lowest BCUT2D eigenvalue weighted by Gasteiger charge is -2.42. The first-order chi connectivity index (χ1) is 10.1. The highest BCUT2D eigenvalue weighted by atomic mass is 15.1. The summed E-state index contributed by atoms with van der Waals surface area (Å²) in [4.78, 5) is 2.62. The zero-order valence-electron chi connectivity index (χ0n) is 13.6. The normalized spacial score (nSPS) is 27.3. The average molecular weight is 286 g/mol. The van der Waals surface area contributed by atoms with Crippen LogP contribution in [-0.2, 0) is 6.42 Å². The number of hydrogen-bond acceptors (Lipinski definition) is 2. The number of aryl methyl sites for hydroxylation is 1. The summed E-state index contributed by atoms with van der Waals surface area (Å²) in [6.07, 6.45) is 8.21. The molecule has 116 valence electrons. The van der Waals surface area contributed by atoms with E-state index in [2.05, 4.69) is 36.9 Å². The smallest absolute Gasteiger partial charge is 0.0369 e. The predicted molar refractivity (Wildman–Crippen MR) is 90.8 cm³/mol. The van der Waals surface area contributed by atoms with Gasteiger partial charge in [-0.15, -0.1) is 0 Å². The van der Waals surface area contributed by atoms with Crippen molar-refractivity contribution in [2.24, 2.45) is 17.6 Å². The van der Waals surface area contributed by atoms with E-state index in [9.17, 15) is 0 Å². The molecule has 2 heteroatoms. The molecule has 0 radical (unpaired) electrons. The Bertz CT molecular complexity index is 480. The predicted octanol–water partition coefficient (Wildman–Crippen LogP) is 3.90. The molecule has 3 atom stereocenters. The molecule has 1 heterocycles. The van der Waals surface area contributed by atoms with Crippen molar-refractivity contribution < 1.29 is 0 Å². The van der Waals surface area contributed by atoms with Crippen molar-refractivity contribution in [3.8, 4) is 0 Å². The van der Waals surface area contributed by atoms with Crippen molar-refractivity contribution in [1.29, 1.82) is 0 Å². The fourth-order valence-corrected chi connectivity index (χ4v) is 4.29. The molecular weight excluding hydrogens is 256 g/mol. The van der Waals surface area contributed by atoms with Gasteiger partial charge in [-0.1, -0.05) is 25.3 Å². The van der Waals surface area contributed by atoms with E-state index < -0.39 is 0 Å². The minimum absolute atomic E-state index is 0.243. The van der Waals surface area contributed by atoms with Crippen LogP contribution in [0.4, 0.5) is 5.69 Å². The van der Waals surface area contributed by atoms with Crippen LogP contribution in [0.3, 0.4) is 0 Å². The Morgan fingerprint density at radius 2 is 1.95 bits per heavy atom. The van der Waals surface area contributed by atoms with E-state index in [0.29, 0.717) is 0 Å². The molecule has 0 amide bonds. The summed E-state index contributed by atoms with van der Waals surface area (Å²) in [6.45, 7) is 6.83. The average Bonchev–Trinajstić information content (AvgIpc) is 2.48. The van der Waals surface area contributed by atoms with Crippen molar-refractivity contribution >= 4 is 5.69 Å². The van der Waals surface area contributed by atoms with E-state index >= 15 is 0 Å². The molecule has 2 aliphatic rings. The number of anilines is 1. The van der Waals surface area contributed by atoms with Crippen LogP contribution in [-0.4, -0.2) is 19.1 Å². The third-order valence-electron chi connectivity index (χ3n) is 5.52. The summed E-state index contributed by atoms with van der Waals surface area (Å²) in [6, 6.07) is 7.22. The van der Waals surface area contributed by atoms with E-state index in [1.165, 1.54) is 62.0 Å². The minimum atomic E-state index is 0.243. The Morgan fingerprint density at radius 3 is 2.67 bits per heavy atom. The SMILES string of the molecule is Cc1cc(N2CCC3CCCCC3C2)ccc1CC(C)N. The quantitative estimate of drug-likeness (QED) is 0.913. The second-order valence-corrected chi connectivity index (χ2v) is 7.33. The first-order valence-corrected chi connectivity index (χ1v) is 8.73. The fourth-order valence-electron chi connectivity index (χ4n) is 4.29. The van der Waals surface area contributed by atoms with Gasteiger partial charge in [0.1, 0.15) is 0 Å². The molecule has 1 saturated heterocycles. The second-order valence-electron chi connectivity index (χ2n) is 7.33. The number of benzene rings is 1. The van der Waals surface area contributed by atoms with Crippen molar-refractivity contribution in [2.45, 2.75) is 58.4 Å². The van der Waals surface area contributed by atoms with Crippen molar-refractivity contribution in [3.63, 3.8) is 0 Å². The van der Waals surface area contributed by atoms with Crippen LogP contribution in [0, 0.1) is 18.8 Å². The molecular formula is C19H30N2. The van der Waals surface area contributed by atoms with Gasteiger partial charge in [-0.05, 0) is 68.2 Å². The van der Waals surface area contributed by atoms with E-state index in [1.807, 2.05) is 0 Å². The molecule has 21 heavy (non-hydrogen) atoms. The zero-order valence-corrected chi connectivity index (χ0v) is 13.6. The molecule has 1 aromatic rings. The molecule has 1 aliphatic carbocycles. The molecule has 3 unspecified atom stereocenters. The lowest BCUT2D eigenvalue weighted by Crippen LogP contribution is -2.41. The highest BCUT2D eigenvalue weighted by molar-refractivity contribution is 5.51. The van der Waals surface area contributed by atoms with E-state index in [1.54, 1.807) is 0 Å². The fraction of sp³-hybridized carbons (Fsp3) is 0.684. The number of rotatable bonds is 3. The molecule has 1 saturated carbocycles. The van der Waals surface area contributed by atoms with Gasteiger partial charge in [0.2, 0.25) is 0 Å². The topological polar surface area (TPSA) is 29.3 Å². The maximum atomic E-state index is 5.94. The monoisotopic (exact) mass is 286 g/mol. The lowest BCUT2D eigenvalue weighted by molar-refractivity contribution is 0.202. The standard InChI is InChI=1S/C19H30N2/c1-14-11-19(8-7-17(14)12-15(2)20)21-10-9-16-5-3-4-6-18(16)13-21/h7-8,11,15-16,18H,3-6,9-10,12-13,20H2,1-2H3. The van der Waals surface area contributed by atoms with Gasteiger partial charge in [-0.3, -0.25) is 0 Å². The summed E-state index contributed by atoms with van der Waals surface area (Å²) >= 11 is 0. The first kappa shape index (κ1) is 14.9. The van der Waals surface area contributed by atoms with Crippen LogP contribution in [0.15, 0.2) is 18.2 Å². The Hall–Kier alpha value is -1.02. The van der Waals surface area contributed by atoms with E-state index in [0.717, 1.165) is 18.3 Å². The third-order valence-corrected chi connectivity index (χ3v) is 5.52. The van der Waals surface area contributed by atoms with Crippen LogP contribution in [0.1, 0.15) is 50.2 Å². The Kier molecular flexibility index (Phi) is 4.54. The number of fused-ring (bicyclic) bond motifs is 1. The van der Waals surface area contributed by atoms with Gasteiger partial charge in [-0.2, -0.15) is 0 Å². The first-order valence-electron chi connectivity index (χ1n) is 8.73. The summed E-state index contributed by atoms with van der Waals surface area (Å²) < 4.78 is 0. The minimum Gasteiger partial charge on any atom is -0.371 e. The van der Waals surface area contributed by atoms with Gasteiger partial charge in [0.25, 0.3) is 0 Å². The van der Waals surface area contributed by atoms with Crippen LogP contribution in [0.5, 0.6) is 0 Å². The Morgan fingerprint density at radius 1 is 1.19 bits per heavy atom. The maximum absolute atomic E-state index is 5.94. The number of nitrogens with two attached hydrogens (primary N) is 1. The van der Waals surface area contributed by atoms with Crippen LogP contribution in [0.25, 0.3) is 0 Å². The zero-order chi connectivity index (χ0) is 14.8. The number of nitrogens with zero attached hydrogens (tertiary/aromatic N) is 1. The molecule has 2 nitrogen and oxygen atoms in total. The van der Waals surface area contributed by atoms with Crippen molar-refractivity contribution in [2.75, 3.05) is 18.0 Å². The lowest BCUT2D eigenvalue weighted by atomic mass is 9.75. The molecule has 2 N–H and O–H groups in total. The maximum Gasteiger partial charge on any atom is 0.0369 e. The molecule has 0 spiro atoms. The van der Waals surface area contributed by atoms with Gasteiger partial charge in [-0.25, -0.2) is 0 Å². The Labute approximate surface area is 129 Å². The Balaban J connectivity index is 1.70. The largest absolute Gasteiger partial charge is 0.371 e. The summed E-state index contributed by atoms with van der Waals surface area (Å²) in [5.41, 5.74) is 10.2. The van der Waals surface area contributed by atoms with E-state index in [-0.39, 0.29) is 6.04 Å². The molecule has 0 bridgehead atoms. The molecule has 1 aliphatic heterocycles. The second kappa shape index (κ2) is 6.39. The summed E-state index contributed by atoms with van der Waals surface area (Å²) in [7, 11) is 0. The van der Waals surface area contributed by atoms with Gasteiger partial charge < -0.3 is 10.6 Å². The van der Waals surface area contributed by atoms with Crippen LogP contribution >= 0.6 is 0 Å². The summed E-state index contributed by atoms with van der Waals surface area (Å²) in [5.74, 6) is 1.95. The van der Waals surface area contributed by atoms with Gasteiger partial charge in [0.15, 0.2) is 0 Å². The number of piperidine rings is 1. The van der Waals surface area contributed by atoms with E-state index in [4.69, 9.17) is 5.73 Å². The molecule has 0 aromatic heterocycles. The number of hydrogen-bond donors (Lipinski definition) is 1. The molecule has 2 fully saturated rings. The highest BCUT2D eigenvalue weighted by Gasteiger charge is 2.31. The van der Waals surface area contributed by atoms with Gasteiger partial charge in [0.05, 0.1) is 0 Å². The van der Waals surface area contributed by atoms with Gasteiger partial charge >= 0.3 is 0 Å². The van der Waals surface area contributed by atoms with Gasteiger partial charge in [0, 0.05) is 24.8 Å². The summed E-state index contributed by atoms with van der Waals surface area (Å²) in [5, 5.41) is 0. The molecule has 3 rings (SSSR count). The van der Waals surface area contributed by atoms with Crippen LogP contribution in [0.2, 0.25) is 0 Å².